The van der Waals surface area contributed by atoms with Crippen molar-refractivity contribution in [1.82, 2.24) is 15.5 Å². The number of carbonyl (C=O) groups is 1. The van der Waals surface area contributed by atoms with Crippen LogP contribution in [0.4, 0.5) is 5.00 Å². The highest BCUT2D eigenvalue weighted by molar-refractivity contribution is 14.0. The fourth-order valence-corrected chi connectivity index (χ4v) is 3.95. The number of thiophene rings is 1. The fraction of sp³-hybridized carbons (Fsp3) is 0.429. The summed E-state index contributed by atoms with van der Waals surface area (Å²) in [5.74, 6) is 0.940. The van der Waals surface area contributed by atoms with Gasteiger partial charge < -0.3 is 20.4 Å². The predicted molar refractivity (Wildman–Crippen MR) is 132 cm³/mol. The Labute approximate surface area is 194 Å². The molecule has 1 aliphatic rings. The van der Waals surface area contributed by atoms with E-state index in [0.717, 1.165) is 44.2 Å². The van der Waals surface area contributed by atoms with Gasteiger partial charge in [0, 0.05) is 45.7 Å². The molecule has 2 N–H and O–H groups in total. The maximum Gasteiger partial charge on any atom is 0.222 e. The van der Waals surface area contributed by atoms with Crippen LogP contribution >= 0.6 is 35.3 Å². The van der Waals surface area contributed by atoms with Crippen molar-refractivity contribution in [2.24, 2.45) is 4.99 Å². The number of nitrogens with one attached hydrogen (secondary N) is 2. The molecule has 0 unspecified atom stereocenters. The van der Waals surface area contributed by atoms with Gasteiger partial charge in [-0.2, -0.15) is 0 Å². The third-order valence-electron chi connectivity index (χ3n) is 4.66. The topological polar surface area (TPSA) is 60.0 Å². The van der Waals surface area contributed by atoms with Crippen LogP contribution in [-0.2, 0) is 11.3 Å². The Morgan fingerprint density at radius 1 is 1.07 bits per heavy atom. The molecule has 6 nitrogen and oxygen atoms in total. The minimum absolute atomic E-state index is 0. The number of piperazine rings is 1. The highest BCUT2D eigenvalue weighted by Gasteiger charge is 2.20. The summed E-state index contributed by atoms with van der Waals surface area (Å²) in [5, 5.41) is 9.77. The maximum atomic E-state index is 12.1. The highest BCUT2D eigenvalue weighted by atomic mass is 127. The lowest BCUT2D eigenvalue weighted by atomic mass is 10.2. The van der Waals surface area contributed by atoms with Crippen LogP contribution in [0.3, 0.4) is 0 Å². The summed E-state index contributed by atoms with van der Waals surface area (Å²) in [5.41, 5.74) is 1.11. The van der Waals surface area contributed by atoms with Crippen LogP contribution in [0.1, 0.15) is 18.9 Å². The molecule has 3 rings (SSSR count). The Hall–Kier alpha value is -1.81. The first kappa shape index (κ1) is 23.5. The van der Waals surface area contributed by atoms with Gasteiger partial charge in [-0.1, -0.05) is 30.3 Å². The number of guanidine groups is 1. The van der Waals surface area contributed by atoms with Crippen molar-refractivity contribution < 1.29 is 4.79 Å². The van der Waals surface area contributed by atoms with Gasteiger partial charge in [0.25, 0.3) is 0 Å². The normalized spacial score (nSPS) is 14.3. The zero-order valence-corrected chi connectivity index (χ0v) is 20.0. The van der Waals surface area contributed by atoms with E-state index in [1.165, 1.54) is 5.00 Å². The third-order valence-corrected chi connectivity index (χ3v) is 5.59. The molecule has 0 radical (unpaired) electrons. The molecule has 2 heterocycles. The summed E-state index contributed by atoms with van der Waals surface area (Å²) in [6, 6.07) is 14.2. The van der Waals surface area contributed by atoms with Gasteiger partial charge in [0.2, 0.25) is 5.91 Å². The molecule has 1 fully saturated rings. The van der Waals surface area contributed by atoms with Crippen molar-refractivity contribution in [3.63, 3.8) is 0 Å². The first-order valence-electron chi connectivity index (χ1n) is 9.88. The molecule has 8 heteroatoms. The molecule has 1 aliphatic heterocycles. The Bertz CT molecular complexity index is 746. The predicted octanol–water partition coefficient (Wildman–Crippen LogP) is 3.16. The standard InChI is InChI=1S/C21H29N5OS.HI/c1-2-22-21(26-14-12-25(13-15-26)20-9-6-16-28-20)23-11-10-19(27)24-17-18-7-4-3-5-8-18;/h3-9,16H,2,10-15,17H2,1H3,(H,22,23)(H,24,27);1H. The van der Waals surface area contributed by atoms with E-state index in [0.29, 0.717) is 19.5 Å². The van der Waals surface area contributed by atoms with Gasteiger partial charge in [-0.25, -0.2) is 0 Å². The first-order valence-corrected chi connectivity index (χ1v) is 10.8. The Kier molecular flexibility index (Phi) is 10.3. The van der Waals surface area contributed by atoms with Crippen molar-refractivity contribution >= 4 is 52.2 Å². The van der Waals surface area contributed by atoms with E-state index in [9.17, 15) is 4.79 Å². The molecular formula is C21H30IN5OS. The van der Waals surface area contributed by atoms with Crippen LogP contribution in [0.25, 0.3) is 0 Å². The molecular weight excluding hydrogens is 497 g/mol. The number of halogens is 1. The van der Waals surface area contributed by atoms with E-state index < -0.39 is 0 Å². The van der Waals surface area contributed by atoms with Gasteiger partial charge in [-0.05, 0) is 30.0 Å². The number of hydrogen-bond acceptors (Lipinski definition) is 4. The monoisotopic (exact) mass is 527 g/mol. The zero-order valence-electron chi connectivity index (χ0n) is 16.8. The van der Waals surface area contributed by atoms with Crippen LogP contribution in [0.2, 0.25) is 0 Å². The number of aliphatic imine (C=N–C) groups is 1. The summed E-state index contributed by atoms with van der Waals surface area (Å²) in [4.78, 5) is 21.5. The molecule has 1 amide bonds. The third kappa shape index (κ3) is 7.50. The number of hydrogen-bond donors (Lipinski definition) is 2. The second kappa shape index (κ2) is 12.7. The van der Waals surface area contributed by atoms with Crippen LogP contribution in [0.5, 0.6) is 0 Å². The van der Waals surface area contributed by atoms with E-state index in [1.807, 2.05) is 30.3 Å². The van der Waals surface area contributed by atoms with Crippen molar-refractivity contribution in [3.05, 3.63) is 53.4 Å². The molecule has 0 bridgehead atoms. The summed E-state index contributed by atoms with van der Waals surface area (Å²) >= 11 is 1.79. The quantitative estimate of drug-likeness (QED) is 0.330. The van der Waals surface area contributed by atoms with Crippen LogP contribution in [0.15, 0.2) is 52.8 Å². The second-order valence-corrected chi connectivity index (χ2v) is 7.60. The molecule has 0 atom stereocenters. The molecule has 1 aromatic heterocycles. The smallest absolute Gasteiger partial charge is 0.222 e. The van der Waals surface area contributed by atoms with E-state index >= 15 is 0 Å². The molecule has 1 aromatic carbocycles. The van der Waals surface area contributed by atoms with Gasteiger partial charge in [-0.3, -0.25) is 9.79 Å². The van der Waals surface area contributed by atoms with Crippen molar-refractivity contribution in [2.45, 2.75) is 19.9 Å². The minimum Gasteiger partial charge on any atom is -0.360 e. The molecule has 0 saturated carbocycles. The lowest BCUT2D eigenvalue weighted by Crippen LogP contribution is -2.52. The van der Waals surface area contributed by atoms with Gasteiger partial charge in [0.15, 0.2) is 5.96 Å². The highest BCUT2D eigenvalue weighted by Crippen LogP contribution is 2.22. The largest absolute Gasteiger partial charge is 0.360 e. The van der Waals surface area contributed by atoms with Gasteiger partial charge in [0.1, 0.15) is 0 Å². The maximum absolute atomic E-state index is 12.1. The Morgan fingerprint density at radius 2 is 1.83 bits per heavy atom. The molecule has 2 aromatic rings. The first-order chi connectivity index (χ1) is 13.8. The molecule has 1 saturated heterocycles. The molecule has 0 aliphatic carbocycles. The van der Waals surface area contributed by atoms with Crippen molar-refractivity contribution in [3.8, 4) is 0 Å². The number of nitrogens with zero attached hydrogens (tertiary/aromatic N) is 3. The SMILES string of the molecule is CCNC(=NCCC(=O)NCc1ccccc1)N1CCN(c2cccs2)CC1.I. The Balaban J connectivity index is 0.00000300. The van der Waals surface area contributed by atoms with E-state index in [4.69, 9.17) is 0 Å². The van der Waals surface area contributed by atoms with Gasteiger partial charge >= 0.3 is 0 Å². The molecule has 0 spiro atoms. The summed E-state index contributed by atoms with van der Waals surface area (Å²) in [6.07, 6.45) is 0.400. The van der Waals surface area contributed by atoms with Gasteiger partial charge in [0.05, 0.1) is 11.5 Å². The lowest BCUT2D eigenvalue weighted by Gasteiger charge is -2.37. The summed E-state index contributed by atoms with van der Waals surface area (Å²) < 4.78 is 0. The number of benzene rings is 1. The van der Waals surface area contributed by atoms with E-state index in [-0.39, 0.29) is 29.9 Å². The molecule has 158 valence electrons. The average Bonchev–Trinajstić information content (AvgIpc) is 3.27. The number of anilines is 1. The Morgan fingerprint density at radius 3 is 2.48 bits per heavy atom. The van der Waals surface area contributed by atoms with Crippen LogP contribution < -0.4 is 15.5 Å². The zero-order chi connectivity index (χ0) is 19.6. The van der Waals surface area contributed by atoms with E-state index in [2.05, 4.69) is 49.9 Å². The van der Waals surface area contributed by atoms with Crippen LogP contribution in [-0.4, -0.2) is 56.0 Å². The minimum atomic E-state index is 0. The number of rotatable bonds is 7. The van der Waals surface area contributed by atoms with Crippen molar-refractivity contribution in [2.75, 3.05) is 44.2 Å². The van der Waals surface area contributed by atoms with Crippen LogP contribution in [0, 0.1) is 0 Å². The number of amides is 1. The van der Waals surface area contributed by atoms with Gasteiger partial charge in [-0.15, -0.1) is 35.3 Å². The molecule has 29 heavy (non-hydrogen) atoms. The fourth-order valence-electron chi connectivity index (χ4n) is 3.16. The van der Waals surface area contributed by atoms with Crippen molar-refractivity contribution in [1.29, 1.82) is 0 Å². The lowest BCUT2D eigenvalue weighted by molar-refractivity contribution is -0.121. The summed E-state index contributed by atoms with van der Waals surface area (Å²) in [7, 11) is 0. The van der Waals surface area contributed by atoms with E-state index in [1.54, 1.807) is 11.3 Å². The second-order valence-electron chi connectivity index (χ2n) is 6.67. The number of carbonyl (C=O) groups excluding carboxylic acids is 1. The average molecular weight is 527 g/mol. The summed E-state index contributed by atoms with van der Waals surface area (Å²) in [6.45, 7) is 7.80.